The normalized spacial score (nSPS) is 14.9. The van der Waals surface area contributed by atoms with Gasteiger partial charge in [0.25, 0.3) is 5.91 Å². The lowest BCUT2D eigenvalue weighted by molar-refractivity contribution is 0.0939. The van der Waals surface area contributed by atoms with Gasteiger partial charge in [0.2, 0.25) is 0 Å². The van der Waals surface area contributed by atoms with Crippen molar-refractivity contribution in [3.8, 4) is 0 Å². The molecule has 0 aromatic heterocycles. The van der Waals surface area contributed by atoms with Gasteiger partial charge in [0.15, 0.2) is 0 Å². The number of amides is 1. The Morgan fingerprint density at radius 2 is 1.74 bits per heavy atom. The molecule has 2 nitrogen and oxygen atoms in total. The summed E-state index contributed by atoms with van der Waals surface area (Å²) in [6.45, 7) is 6.10. The third-order valence-corrected chi connectivity index (χ3v) is 4.85. The summed E-state index contributed by atoms with van der Waals surface area (Å²) in [4.78, 5) is 12.5. The summed E-state index contributed by atoms with van der Waals surface area (Å²) in [7, 11) is 0. The maximum atomic E-state index is 12.5. The highest BCUT2D eigenvalue weighted by Crippen LogP contribution is 2.25. The molecule has 0 fully saturated rings. The van der Waals surface area contributed by atoms with E-state index in [1.54, 1.807) is 0 Å². The molecule has 0 saturated heterocycles. The Kier molecular flexibility index (Phi) is 4.51. The minimum absolute atomic E-state index is 0.00715. The maximum Gasteiger partial charge on any atom is 0.252 e. The van der Waals surface area contributed by atoms with Crippen LogP contribution in [0.4, 0.5) is 0 Å². The van der Waals surface area contributed by atoms with Crippen LogP contribution in [0.2, 0.25) is 0 Å². The lowest BCUT2D eigenvalue weighted by atomic mass is 9.89. The molecule has 0 bridgehead atoms. The van der Waals surface area contributed by atoms with Gasteiger partial charge in [-0.15, -0.1) is 0 Å². The predicted octanol–water partition coefficient (Wildman–Crippen LogP) is 4.67. The summed E-state index contributed by atoms with van der Waals surface area (Å²) in [6.07, 6.45) is 4.94. The first-order valence-corrected chi connectivity index (χ1v) is 8.54. The van der Waals surface area contributed by atoms with Crippen LogP contribution in [-0.4, -0.2) is 5.91 Å². The minimum Gasteiger partial charge on any atom is -0.346 e. The topological polar surface area (TPSA) is 29.1 Å². The van der Waals surface area contributed by atoms with Crippen LogP contribution in [0, 0.1) is 13.8 Å². The average molecular weight is 307 g/mol. The lowest BCUT2D eigenvalue weighted by Crippen LogP contribution is -2.27. The quantitative estimate of drug-likeness (QED) is 0.877. The van der Waals surface area contributed by atoms with Crippen LogP contribution in [0.3, 0.4) is 0 Å². The van der Waals surface area contributed by atoms with Crippen LogP contribution in [0.25, 0.3) is 0 Å². The van der Waals surface area contributed by atoms with Crippen molar-refractivity contribution < 1.29 is 4.79 Å². The SMILES string of the molecule is Cc1ccc(C(=O)NC(C)c2ccc3c(c2)CCCC3)c(C)c1. The molecule has 1 aliphatic carbocycles. The van der Waals surface area contributed by atoms with Crippen LogP contribution < -0.4 is 5.32 Å². The first-order valence-electron chi connectivity index (χ1n) is 8.54. The van der Waals surface area contributed by atoms with Crippen LogP contribution in [0.5, 0.6) is 0 Å². The van der Waals surface area contributed by atoms with E-state index < -0.39 is 0 Å². The number of rotatable bonds is 3. The molecule has 1 atom stereocenters. The monoisotopic (exact) mass is 307 g/mol. The van der Waals surface area contributed by atoms with E-state index in [9.17, 15) is 4.79 Å². The van der Waals surface area contributed by atoms with E-state index in [4.69, 9.17) is 0 Å². The molecule has 0 heterocycles. The summed E-state index contributed by atoms with van der Waals surface area (Å²) < 4.78 is 0. The van der Waals surface area contributed by atoms with Gasteiger partial charge in [0, 0.05) is 5.56 Å². The molecule has 0 aliphatic heterocycles. The summed E-state index contributed by atoms with van der Waals surface area (Å²) in [5.41, 5.74) is 7.11. The second kappa shape index (κ2) is 6.57. The molecule has 2 aromatic rings. The highest BCUT2D eigenvalue weighted by atomic mass is 16.1. The van der Waals surface area contributed by atoms with E-state index >= 15 is 0 Å². The summed E-state index contributed by atoms with van der Waals surface area (Å²) >= 11 is 0. The van der Waals surface area contributed by atoms with Crippen molar-refractivity contribution >= 4 is 5.91 Å². The number of carbonyl (C=O) groups excluding carboxylic acids is 1. The van der Waals surface area contributed by atoms with Crippen molar-refractivity contribution in [1.29, 1.82) is 0 Å². The molecule has 1 N–H and O–H groups in total. The highest BCUT2D eigenvalue weighted by molar-refractivity contribution is 5.95. The minimum atomic E-state index is 0.00715. The first kappa shape index (κ1) is 15.8. The maximum absolute atomic E-state index is 12.5. The van der Waals surface area contributed by atoms with Gasteiger partial charge in [0.05, 0.1) is 6.04 Å². The highest BCUT2D eigenvalue weighted by Gasteiger charge is 2.16. The summed E-state index contributed by atoms with van der Waals surface area (Å²) in [6, 6.07) is 12.7. The van der Waals surface area contributed by atoms with E-state index in [0.29, 0.717) is 0 Å². The molecule has 23 heavy (non-hydrogen) atoms. The lowest BCUT2D eigenvalue weighted by Gasteiger charge is -2.20. The molecular weight excluding hydrogens is 282 g/mol. The number of nitrogens with one attached hydrogen (secondary N) is 1. The number of hydrogen-bond donors (Lipinski definition) is 1. The third-order valence-electron chi connectivity index (χ3n) is 4.85. The molecule has 1 aliphatic rings. The molecule has 0 saturated carbocycles. The molecule has 1 unspecified atom stereocenters. The van der Waals surface area contributed by atoms with Crippen molar-refractivity contribution in [3.05, 3.63) is 69.8 Å². The van der Waals surface area contributed by atoms with Gasteiger partial charge >= 0.3 is 0 Å². The largest absolute Gasteiger partial charge is 0.346 e. The number of fused-ring (bicyclic) bond motifs is 1. The van der Waals surface area contributed by atoms with Crippen LogP contribution in [0.15, 0.2) is 36.4 Å². The Balaban J connectivity index is 1.76. The standard InChI is InChI=1S/C21H25NO/c1-14-8-11-20(15(2)12-14)21(23)22-16(3)18-10-9-17-6-4-5-7-19(17)13-18/h8-13,16H,4-7H2,1-3H3,(H,22,23). The first-order chi connectivity index (χ1) is 11.0. The zero-order valence-corrected chi connectivity index (χ0v) is 14.3. The Hall–Kier alpha value is -2.09. The Labute approximate surface area is 138 Å². The van der Waals surface area contributed by atoms with Gasteiger partial charge in [-0.05, 0) is 74.8 Å². The van der Waals surface area contributed by atoms with Crippen molar-refractivity contribution in [2.24, 2.45) is 0 Å². The Morgan fingerprint density at radius 1 is 1.00 bits per heavy atom. The van der Waals surface area contributed by atoms with Gasteiger partial charge in [-0.2, -0.15) is 0 Å². The van der Waals surface area contributed by atoms with Gasteiger partial charge in [-0.1, -0.05) is 35.9 Å². The molecular formula is C21H25NO. The van der Waals surface area contributed by atoms with Crippen LogP contribution in [-0.2, 0) is 12.8 Å². The number of benzene rings is 2. The molecule has 0 spiro atoms. The van der Waals surface area contributed by atoms with Crippen molar-refractivity contribution in [2.75, 3.05) is 0 Å². The second-order valence-corrected chi connectivity index (χ2v) is 6.75. The van der Waals surface area contributed by atoms with Crippen molar-refractivity contribution in [1.82, 2.24) is 5.32 Å². The van der Waals surface area contributed by atoms with E-state index in [0.717, 1.165) is 11.1 Å². The van der Waals surface area contributed by atoms with Gasteiger partial charge in [-0.3, -0.25) is 4.79 Å². The zero-order valence-electron chi connectivity index (χ0n) is 14.3. The van der Waals surface area contributed by atoms with E-state index in [-0.39, 0.29) is 11.9 Å². The molecule has 0 radical (unpaired) electrons. The average Bonchev–Trinajstić information content (AvgIpc) is 2.54. The van der Waals surface area contributed by atoms with Gasteiger partial charge in [0.1, 0.15) is 0 Å². The number of aryl methyl sites for hydroxylation is 4. The number of carbonyl (C=O) groups is 1. The van der Waals surface area contributed by atoms with Crippen molar-refractivity contribution in [3.63, 3.8) is 0 Å². The van der Waals surface area contributed by atoms with E-state index in [1.165, 1.54) is 47.9 Å². The third kappa shape index (κ3) is 3.47. The predicted molar refractivity (Wildman–Crippen MR) is 94.9 cm³/mol. The van der Waals surface area contributed by atoms with E-state index in [2.05, 4.69) is 36.5 Å². The summed E-state index contributed by atoms with van der Waals surface area (Å²) in [5.74, 6) is 0.00715. The molecule has 120 valence electrons. The zero-order chi connectivity index (χ0) is 16.4. The molecule has 1 amide bonds. The van der Waals surface area contributed by atoms with E-state index in [1.807, 2.05) is 26.0 Å². The molecule has 2 heteroatoms. The Morgan fingerprint density at radius 3 is 2.48 bits per heavy atom. The number of hydrogen-bond acceptors (Lipinski definition) is 1. The van der Waals surface area contributed by atoms with Gasteiger partial charge in [-0.25, -0.2) is 0 Å². The fourth-order valence-corrected chi connectivity index (χ4v) is 3.45. The van der Waals surface area contributed by atoms with Crippen molar-refractivity contribution in [2.45, 2.75) is 52.5 Å². The van der Waals surface area contributed by atoms with Gasteiger partial charge < -0.3 is 5.32 Å². The fraction of sp³-hybridized carbons (Fsp3) is 0.381. The Bertz CT molecular complexity index is 733. The van der Waals surface area contributed by atoms with Crippen LogP contribution >= 0.6 is 0 Å². The molecule has 2 aromatic carbocycles. The second-order valence-electron chi connectivity index (χ2n) is 6.75. The van der Waals surface area contributed by atoms with Crippen LogP contribution in [0.1, 0.15) is 64.0 Å². The summed E-state index contributed by atoms with van der Waals surface area (Å²) in [5, 5.41) is 3.14. The molecule has 3 rings (SSSR count). The fourth-order valence-electron chi connectivity index (χ4n) is 3.45. The smallest absolute Gasteiger partial charge is 0.252 e.